The maximum atomic E-state index is 10.1. The average molecular weight is 291 g/mol. The van der Waals surface area contributed by atoms with Crippen LogP contribution in [-0.4, -0.2) is 10.2 Å². The number of aromatic hydroxyl groups is 2. The molecule has 3 aromatic carbocycles. The van der Waals surface area contributed by atoms with Crippen LogP contribution in [-0.2, 0) is 0 Å². The number of para-hydroxylation sites is 2. The second kappa shape index (κ2) is 5.82. The molecule has 110 valence electrons. The Morgan fingerprint density at radius 3 is 1.68 bits per heavy atom. The van der Waals surface area contributed by atoms with Gasteiger partial charge < -0.3 is 15.1 Å². The summed E-state index contributed by atoms with van der Waals surface area (Å²) in [5.74, 6) is -0.198. The molecule has 0 aliphatic rings. The first kappa shape index (κ1) is 14.0. The molecule has 0 aliphatic heterocycles. The van der Waals surface area contributed by atoms with Crippen LogP contribution >= 0.6 is 0 Å². The summed E-state index contributed by atoms with van der Waals surface area (Å²) in [5.41, 5.74) is 3.43. The van der Waals surface area contributed by atoms with Crippen LogP contribution in [0.3, 0.4) is 0 Å². The minimum atomic E-state index is -0.109. The molecule has 0 amide bonds. The third-order valence-electron chi connectivity index (χ3n) is 3.65. The van der Waals surface area contributed by atoms with Crippen LogP contribution in [0.1, 0.15) is 5.56 Å². The summed E-state index contributed by atoms with van der Waals surface area (Å²) in [6.07, 6.45) is 0. The average Bonchev–Trinajstić information content (AvgIpc) is 2.57. The molecule has 0 aromatic heterocycles. The molecule has 0 heterocycles. The van der Waals surface area contributed by atoms with E-state index in [0.717, 1.165) is 17.1 Å². The van der Waals surface area contributed by atoms with Gasteiger partial charge in [-0.1, -0.05) is 36.4 Å². The third-order valence-corrected chi connectivity index (χ3v) is 3.65. The van der Waals surface area contributed by atoms with Gasteiger partial charge >= 0.3 is 0 Å². The second-order valence-electron chi connectivity index (χ2n) is 5.08. The molecule has 0 fully saturated rings. The Balaban J connectivity index is 2.21. The lowest BCUT2D eigenvalue weighted by Gasteiger charge is -2.27. The molecule has 3 aromatic rings. The Bertz CT molecular complexity index is 731. The monoisotopic (exact) mass is 291 g/mol. The summed E-state index contributed by atoms with van der Waals surface area (Å²) in [6, 6.07) is 23.2. The first-order chi connectivity index (χ1) is 10.7. The van der Waals surface area contributed by atoms with Gasteiger partial charge in [-0.05, 0) is 43.3 Å². The number of hydrogen-bond acceptors (Lipinski definition) is 3. The van der Waals surface area contributed by atoms with Crippen LogP contribution in [0.5, 0.6) is 11.5 Å². The van der Waals surface area contributed by atoms with Gasteiger partial charge in [0.05, 0.1) is 5.69 Å². The summed E-state index contributed by atoms with van der Waals surface area (Å²) in [7, 11) is 0. The normalized spacial score (nSPS) is 10.4. The van der Waals surface area contributed by atoms with E-state index < -0.39 is 0 Å². The minimum Gasteiger partial charge on any atom is -0.504 e. The molecule has 0 unspecified atom stereocenters. The van der Waals surface area contributed by atoms with Crippen LogP contribution in [0.2, 0.25) is 0 Å². The summed E-state index contributed by atoms with van der Waals surface area (Å²) >= 11 is 0. The summed E-state index contributed by atoms with van der Waals surface area (Å²) in [6.45, 7) is 1.79. The molecule has 0 radical (unpaired) electrons. The molecule has 0 bridgehead atoms. The molecule has 3 heteroatoms. The van der Waals surface area contributed by atoms with E-state index in [1.165, 1.54) is 6.07 Å². The maximum absolute atomic E-state index is 10.1. The molecule has 3 nitrogen and oxygen atoms in total. The van der Waals surface area contributed by atoms with Crippen LogP contribution in [0, 0.1) is 6.92 Å². The fraction of sp³-hybridized carbons (Fsp3) is 0.0526. The van der Waals surface area contributed by atoms with E-state index in [1.54, 1.807) is 6.92 Å². The van der Waals surface area contributed by atoms with Crippen molar-refractivity contribution in [3.05, 3.63) is 78.4 Å². The van der Waals surface area contributed by atoms with Gasteiger partial charge in [0, 0.05) is 16.9 Å². The van der Waals surface area contributed by atoms with Crippen LogP contribution in [0.4, 0.5) is 17.1 Å². The summed E-state index contributed by atoms with van der Waals surface area (Å²) < 4.78 is 0. The predicted molar refractivity (Wildman–Crippen MR) is 89.2 cm³/mol. The number of nitrogens with zero attached hydrogens (tertiary/aromatic N) is 1. The summed E-state index contributed by atoms with van der Waals surface area (Å²) in [4.78, 5) is 2.05. The highest BCUT2D eigenvalue weighted by atomic mass is 16.3. The highest BCUT2D eigenvalue weighted by Gasteiger charge is 2.17. The molecule has 0 aliphatic carbocycles. The maximum Gasteiger partial charge on any atom is 0.162 e. The lowest BCUT2D eigenvalue weighted by Crippen LogP contribution is -2.11. The number of rotatable bonds is 3. The van der Waals surface area contributed by atoms with Crippen molar-refractivity contribution in [2.24, 2.45) is 0 Å². The largest absolute Gasteiger partial charge is 0.504 e. The number of anilines is 3. The van der Waals surface area contributed by atoms with E-state index in [9.17, 15) is 10.2 Å². The standard InChI is InChI=1S/C19H17NO2/c1-14-17(12-13-18(21)19(14)22)20(15-8-4-2-5-9-15)16-10-6-3-7-11-16/h2-13,21-22H,1H3. The second-order valence-corrected chi connectivity index (χ2v) is 5.08. The van der Waals surface area contributed by atoms with Crippen LogP contribution < -0.4 is 4.90 Å². The highest BCUT2D eigenvalue weighted by Crippen LogP contribution is 2.41. The number of phenolic OH excluding ortho intramolecular Hbond substituents is 2. The molecule has 2 N–H and O–H groups in total. The van der Waals surface area contributed by atoms with Gasteiger partial charge in [-0.3, -0.25) is 0 Å². The molecular formula is C19H17NO2. The van der Waals surface area contributed by atoms with E-state index in [4.69, 9.17) is 0 Å². The van der Waals surface area contributed by atoms with Crippen molar-refractivity contribution in [3.8, 4) is 11.5 Å². The number of hydrogen-bond donors (Lipinski definition) is 2. The quantitative estimate of drug-likeness (QED) is 0.676. The molecular weight excluding hydrogens is 274 g/mol. The highest BCUT2D eigenvalue weighted by molar-refractivity contribution is 5.80. The molecule has 3 rings (SSSR count). The predicted octanol–water partition coefficient (Wildman–Crippen LogP) is 4.88. The van der Waals surface area contributed by atoms with Crippen molar-refractivity contribution < 1.29 is 10.2 Å². The Kier molecular flexibility index (Phi) is 3.71. The van der Waals surface area contributed by atoms with E-state index in [1.807, 2.05) is 66.7 Å². The van der Waals surface area contributed by atoms with Crippen molar-refractivity contribution in [1.29, 1.82) is 0 Å². The van der Waals surface area contributed by atoms with Crippen molar-refractivity contribution in [2.45, 2.75) is 6.92 Å². The number of phenols is 2. The van der Waals surface area contributed by atoms with Gasteiger partial charge in [-0.2, -0.15) is 0 Å². The third kappa shape index (κ3) is 2.49. The van der Waals surface area contributed by atoms with E-state index in [-0.39, 0.29) is 11.5 Å². The minimum absolute atomic E-state index is 0.0886. The zero-order valence-electron chi connectivity index (χ0n) is 12.3. The molecule has 0 spiro atoms. The Labute approximate surface area is 129 Å². The van der Waals surface area contributed by atoms with E-state index in [2.05, 4.69) is 4.90 Å². The van der Waals surface area contributed by atoms with Crippen molar-refractivity contribution >= 4 is 17.1 Å². The molecule has 0 saturated heterocycles. The van der Waals surface area contributed by atoms with Gasteiger partial charge in [0.25, 0.3) is 0 Å². The molecule has 0 atom stereocenters. The van der Waals surface area contributed by atoms with Crippen molar-refractivity contribution in [3.63, 3.8) is 0 Å². The molecule has 22 heavy (non-hydrogen) atoms. The van der Waals surface area contributed by atoms with E-state index in [0.29, 0.717) is 5.56 Å². The van der Waals surface area contributed by atoms with Crippen LogP contribution in [0.25, 0.3) is 0 Å². The SMILES string of the molecule is Cc1c(N(c2ccccc2)c2ccccc2)ccc(O)c1O. The van der Waals surface area contributed by atoms with Gasteiger partial charge in [0.2, 0.25) is 0 Å². The van der Waals surface area contributed by atoms with Crippen molar-refractivity contribution in [1.82, 2.24) is 0 Å². The van der Waals surface area contributed by atoms with Gasteiger partial charge in [-0.25, -0.2) is 0 Å². The zero-order chi connectivity index (χ0) is 15.5. The topological polar surface area (TPSA) is 43.7 Å². The van der Waals surface area contributed by atoms with Crippen LogP contribution in [0.15, 0.2) is 72.8 Å². The van der Waals surface area contributed by atoms with Gasteiger partial charge in [-0.15, -0.1) is 0 Å². The Morgan fingerprint density at radius 1 is 0.682 bits per heavy atom. The molecule has 0 saturated carbocycles. The Morgan fingerprint density at radius 2 is 1.18 bits per heavy atom. The van der Waals surface area contributed by atoms with E-state index >= 15 is 0 Å². The van der Waals surface area contributed by atoms with Crippen molar-refractivity contribution in [2.75, 3.05) is 4.90 Å². The fourth-order valence-corrected chi connectivity index (χ4v) is 2.50. The summed E-state index contributed by atoms with van der Waals surface area (Å²) in [5, 5.41) is 19.7. The first-order valence-corrected chi connectivity index (χ1v) is 7.10. The smallest absolute Gasteiger partial charge is 0.162 e. The first-order valence-electron chi connectivity index (χ1n) is 7.10. The lowest BCUT2D eigenvalue weighted by atomic mass is 10.1. The van der Waals surface area contributed by atoms with Gasteiger partial charge in [0.1, 0.15) is 0 Å². The fourth-order valence-electron chi connectivity index (χ4n) is 2.50. The number of benzene rings is 3. The Hall–Kier alpha value is -2.94. The van der Waals surface area contributed by atoms with Gasteiger partial charge in [0.15, 0.2) is 11.5 Å². The lowest BCUT2D eigenvalue weighted by molar-refractivity contribution is 0.401. The zero-order valence-corrected chi connectivity index (χ0v) is 12.3.